The van der Waals surface area contributed by atoms with E-state index >= 15 is 0 Å². The second-order valence-corrected chi connectivity index (χ2v) is 8.23. The van der Waals surface area contributed by atoms with Gasteiger partial charge in [0.25, 0.3) is 0 Å². The van der Waals surface area contributed by atoms with Crippen molar-refractivity contribution in [2.24, 2.45) is 0 Å². The van der Waals surface area contributed by atoms with Gasteiger partial charge in [-0.05, 0) is 66.0 Å². The predicted molar refractivity (Wildman–Crippen MR) is 123 cm³/mol. The van der Waals surface area contributed by atoms with Gasteiger partial charge < -0.3 is 0 Å². The second-order valence-electron chi connectivity index (χ2n) is 8.23. The average Bonchev–Trinajstić information content (AvgIpc) is 2.77. The molecular formula is C28H31F3. The number of hydrogen-bond donors (Lipinski definition) is 0. The van der Waals surface area contributed by atoms with Crippen LogP contribution in [0.1, 0.15) is 61.8 Å². The fraction of sp³-hybridized carbons (Fsp3) is 0.357. The van der Waals surface area contributed by atoms with Crippen molar-refractivity contribution in [1.82, 2.24) is 0 Å². The van der Waals surface area contributed by atoms with E-state index in [0.717, 1.165) is 48.8 Å². The minimum atomic E-state index is -0.733. The van der Waals surface area contributed by atoms with Crippen LogP contribution >= 0.6 is 0 Å². The lowest BCUT2D eigenvalue weighted by Crippen LogP contribution is -2.01. The fourth-order valence-corrected chi connectivity index (χ4v) is 3.94. The Morgan fingerprint density at radius 3 is 1.84 bits per heavy atom. The first kappa shape index (κ1) is 23.1. The molecule has 0 saturated heterocycles. The van der Waals surface area contributed by atoms with Crippen molar-refractivity contribution < 1.29 is 13.2 Å². The molecule has 0 aliphatic carbocycles. The second kappa shape index (κ2) is 11.2. The monoisotopic (exact) mass is 424 g/mol. The van der Waals surface area contributed by atoms with Crippen LogP contribution < -0.4 is 0 Å². The normalized spacial score (nSPS) is 11.1. The molecule has 3 aromatic rings. The van der Waals surface area contributed by atoms with Gasteiger partial charge in [0.05, 0.1) is 0 Å². The lowest BCUT2D eigenvalue weighted by atomic mass is 9.97. The van der Waals surface area contributed by atoms with Crippen LogP contribution in [0.2, 0.25) is 0 Å². The van der Waals surface area contributed by atoms with Crippen molar-refractivity contribution in [3.05, 3.63) is 94.3 Å². The highest BCUT2D eigenvalue weighted by Crippen LogP contribution is 2.25. The molecule has 0 radical (unpaired) electrons. The first-order valence-corrected chi connectivity index (χ1v) is 11.4. The number of rotatable bonds is 10. The van der Waals surface area contributed by atoms with E-state index in [-0.39, 0.29) is 5.82 Å². The first-order chi connectivity index (χ1) is 15.0. The van der Waals surface area contributed by atoms with Crippen LogP contribution in [0.15, 0.2) is 54.6 Å². The zero-order chi connectivity index (χ0) is 22.2. The van der Waals surface area contributed by atoms with Crippen molar-refractivity contribution in [2.75, 3.05) is 0 Å². The summed E-state index contributed by atoms with van der Waals surface area (Å²) in [5, 5.41) is 0. The minimum Gasteiger partial charge on any atom is -0.206 e. The maximum absolute atomic E-state index is 14.6. The molecule has 0 fully saturated rings. The quantitative estimate of drug-likeness (QED) is 0.287. The van der Waals surface area contributed by atoms with Crippen LogP contribution in [0.25, 0.3) is 11.1 Å². The van der Waals surface area contributed by atoms with E-state index in [1.165, 1.54) is 0 Å². The molecule has 0 heterocycles. The SMILES string of the molecule is CCCCCc1ccc(-c2ccc(CCc3ccc(CCC)c(F)c3F)cc2)c(F)c1. The smallest absolute Gasteiger partial charge is 0.162 e. The minimum absolute atomic E-state index is 0.202. The lowest BCUT2D eigenvalue weighted by Gasteiger charge is -2.10. The van der Waals surface area contributed by atoms with Gasteiger partial charge in [-0.15, -0.1) is 0 Å². The van der Waals surface area contributed by atoms with Crippen molar-refractivity contribution in [2.45, 2.75) is 65.2 Å². The van der Waals surface area contributed by atoms with E-state index in [1.54, 1.807) is 18.2 Å². The summed E-state index contributed by atoms with van der Waals surface area (Å²) in [6.07, 6.45) is 6.64. The standard InChI is InChI=1S/C28H31F3/c1-3-5-6-8-21-12-18-25(26(29)19-21)22-13-9-20(10-14-22)11-15-24-17-16-23(7-4-2)27(30)28(24)31/h9-10,12-14,16-19H,3-8,11,15H2,1-2H3. The van der Waals surface area contributed by atoms with E-state index in [2.05, 4.69) is 6.92 Å². The number of benzene rings is 3. The molecule has 0 bridgehead atoms. The van der Waals surface area contributed by atoms with Crippen LogP contribution in [-0.4, -0.2) is 0 Å². The highest BCUT2D eigenvalue weighted by Gasteiger charge is 2.13. The van der Waals surface area contributed by atoms with Gasteiger partial charge in [-0.1, -0.05) is 81.6 Å². The molecule has 0 aromatic heterocycles. The molecule has 0 atom stereocenters. The van der Waals surface area contributed by atoms with Crippen LogP contribution in [0.5, 0.6) is 0 Å². The summed E-state index contributed by atoms with van der Waals surface area (Å²) in [5.41, 5.74) is 4.29. The Labute approximate surface area is 184 Å². The van der Waals surface area contributed by atoms with E-state index < -0.39 is 11.6 Å². The summed E-state index contributed by atoms with van der Waals surface area (Å²) in [6, 6.07) is 16.5. The van der Waals surface area contributed by atoms with Crippen LogP contribution in [0.4, 0.5) is 13.2 Å². The molecule has 0 aliphatic rings. The third kappa shape index (κ3) is 6.00. The molecular weight excluding hydrogens is 393 g/mol. The summed E-state index contributed by atoms with van der Waals surface area (Å²) in [5.74, 6) is -1.65. The van der Waals surface area contributed by atoms with Crippen molar-refractivity contribution in [3.8, 4) is 11.1 Å². The van der Waals surface area contributed by atoms with Crippen molar-refractivity contribution >= 4 is 0 Å². The Balaban J connectivity index is 1.65. The molecule has 3 aromatic carbocycles. The summed E-state index contributed by atoms with van der Waals surface area (Å²) in [7, 11) is 0. The molecule has 0 aliphatic heterocycles. The van der Waals surface area contributed by atoms with E-state index in [9.17, 15) is 13.2 Å². The largest absolute Gasteiger partial charge is 0.206 e. The van der Waals surface area contributed by atoms with E-state index in [1.807, 2.05) is 43.3 Å². The summed E-state index contributed by atoms with van der Waals surface area (Å²) in [4.78, 5) is 0. The van der Waals surface area contributed by atoms with Crippen LogP contribution in [-0.2, 0) is 25.7 Å². The Morgan fingerprint density at radius 2 is 1.23 bits per heavy atom. The van der Waals surface area contributed by atoms with Gasteiger partial charge in [0.15, 0.2) is 11.6 Å². The van der Waals surface area contributed by atoms with Gasteiger partial charge in [-0.25, -0.2) is 13.2 Å². The predicted octanol–water partition coefficient (Wildman–Crippen LogP) is 8.24. The molecule has 0 spiro atoms. The lowest BCUT2D eigenvalue weighted by molar-refractivity contribution is 0.488. The summed E-state index contributed by atoms with van der Waals surface area (Å²) in [6.45, 7) is 4.11. The average molecular weight is 425 g/mol. The maximum Gasteiger partial charge on any atom is 0.162 e. The first-order valence-electron chi connectivity index (χ1n) is 11.4. The van der Waals surface area contributed by atoms with Gasteiger partial charge in [0.1, 0.15) is 5.82 Å². The van der Waals surface area contributed by atoms with Crippen molar-refractivity contribution in [3.63, 3.8) is 0 Å². The Hall–Kier alpha value is -2.55. The van der Waals surface area contributed by atoms with Gasteiger partial charge in [-0.2, -0.15) is 0 Å². The Morgan fingerprint density at radius 1 is 0.581 bits per heavy atom. The molecule has 31 heavy (non-hydrogen) atoms. The van der Waals surface area contributed by atoms with E-state index in [4.69, 9.17) is 0 Å². The Kier molecular flexibility index (Phi) is 8.34. The fourth-order valence-electron chi connectivity index (χ4n) is 3.94. The number of aryl methyl sites for hydroxylation is 4. The molecule has 0 N–H and O–H groups in total. The van der Waals surface area contributed by atoms with Crippen LogP contribution in [0, 0.1) is 17.5 Å². The highest BCUT2D eigenvalue weighted by atomic mass is 19.2. The molecule has 3 rings (SSSR count). The number of hydrogen-bond acceptors (Lipinski definition) is 0. The molecule has 0 saturated carbocycles. The molecule has 3 heteroatoms. The highest BCUT2D eigenvalue weighted by molar-refractivity contribution is 5.64. The Bertz CT molecular complexity index is 990. The third-order valence-electron chi connectivity index (χ3n) is 5.81. The zero-order valence-corrected chi connectivity index (χ0v) is 18.5. The molecule has 0 unspecified atom stereocenters. The maximum atomic E-state index is 14.6. The number of unbranched alkanes of at least 4 members (excludes halogenated alkanes) is 2. The van der Waals surface area contributed by atoms with Gasteiger partial charge >= 0.3 is 0 Å². The van der Waals surface area contributed by atoms with Gasteiger partial charge in [0.2, 0.25) is 0 Å². The van der Waals surface area contributed by atoms with Gasteiger partial charge in [0, 0.05) is 5.56 Å². The third-order valence-corrected chi connectivity index (χ3v) is 5.81. The van der Waals surface area contributed by atoms with E-state index in [0.29, 0.717) is 36.0 Å². The van der Waals surface area contributed by atoms with Crippen molar-refractivity contribution in [1.29, 1.82) is 0 Å². The number of halogens is 3. The van der Waals surface area contributed by atoms with Gasteiger partial charge in [-0.3, -0.25) is 0 Å². The molecule has 164 valence electrons. The summed E-state index contributed by atoms with van der Waals surface area (Å²) < 4.78 is 43.1. The molecule has 0 amide bonds. The topological polar surface area (TPSA) is 0 Å². The summed E-state index contributed by atoms with van der Waals surface area (Å²) >= 11 is 0. The zero-order valence-electron chi connectivity index (χ0n) is 18.5. The van der Waals surface area contributed by atoms with Crippen LogP contribution in [0.3, 0.4) is 0 Å². The molecule has 0 nitrogen and oxygen atoms in total.